The summed E-state index contributed by atoms with van der Waals surface area (Å²) in [4.78, 5) is 15.5. The van der Waals surface area contributed by atoms with Gasteiger partial charge in [0.2, 0.25) is 0 Å². The minimum atomic E-state index is -0.996. The van der Waals surface area contributed by atoms with Crippen molar-refractivity contribution in [1.29, 1.82) is 0 Å². The Balaban J connectivity index is 1.75. The molecule has 0 aliphatic heterocycles. The van der Waals surface area contributed by atoms with Crippen LogP contribution in [0, 0.1) is 17.8 Å². The summed E-state index contributed by atoms with van der Waals surface area (Å²) < 4.78 is 0. The molecule has 0 atom stereocenters. The fourth-order valence-electron chi connectivity index (χ4n) is 5.08. The summed E-state index contributed by atoms with van der Waals surface area (Å²) in [5.41, 5.74) is 6.06. The molecule has 4 saturated carbocycles. The van der Waals surface area contributed by atoms with Gasteiger partial charge in [0.15, 0.2) is 5.69 Å². The molecule has 0 radical (unpaired) electrons. The van der Waals surface area contributed by atoms with Crippen molar-refractivity contribution in [2.24, 2.45) is 17.8 Å². The molecule has 5 rings (SSSR count). The molecule has 1 aromatic heterocycles. The first kappa shape index (κ1) is 11.7. The van der Waals surface area contributed by atoms with E-state index in [1.807, 2.05) is 0 Å². The molecular weight excluding hydrogens is 260 g/mol. The molecule has 0 amide bonds. The number of nitrogens with zero attached hydrogens (tertiary/aromatic N) is 1. The first-order valence-corrected chi connectivity index (χ1v) is 7.87. The second-order valence-corrected chi connectivity index (χ2v) is 7.77. The topological polar surface area (TPSA) is 76.2 Å². The standard InChI is InChI=1S/C14H18N2O2S/c15-11-10(12(17)18)16-13(19-11)14-4-7-1-8(5-14)3-9(2-7)6-14/h7-9H,1-6,15H2,(H,17,18). The number of carboxylic acid groups (broad SMARTS) is 1. The lowest BCUT2D eigenvalue weighted by molar-refractivity contribution is -0.00533. The fourth-order valence-corrected chi connectivity index (χ4v) is 6.13. The molecule has 1 aromatic rings. The number of carbonyl (C=O) groups is 1. The number of nitrogens with two attached hydrogens (primary N) is 1. The van der Waals surface area contributed by atoms with Gasteiger partial charge < -0.3 is 10.8 Å². The minimum absolute atomic E-state index is 0.0655. The zero-order chi connectivity index (χ0) is 13.2. The summed E-state index contributed by atoms with van der Waals surface area (Å²) in [6.45, 7) is 0. The molecular formula is C14H18N2O2S. The van der Waals surface area contributed by atoms with Gasteiger partial charge in [-0.25, -0.2) is 9.78 Å². The van der Waals surface area contributed by atoms with E-state index in [9.17, 15) is 4.79 Å². The summed E-state index contributed by atoms with van der Waals surface area (Å²) in [5, 5.41) is 10.5. The van der Waals surface area contributed by atoms with Gasteiger partial charge in [0, 0.05) is 5.41 Å². The number of carboxylic acids is 1. The highest BCUT2D eigenvalue weighted by atomic mass is 32.1. The van der Waals surface area contributed by atoms with E-state index in [1.54, 1.807) is 0 Å². The maximum atomic E-state index is 11.1. The van der Waals surface area contributed by atoms with Crippen LogP contribution in [0.1, 0.15) is 54.0 Å². The Morgan fingerprint density at radius 3 is 2.16 bits per heavy atom. The molecule has 4 fully saturated rings. The largest absolute Gasteiger partial charge is 0.476 e. The Morgan fingerprint density at radius 1 is 1.21 bits per heavy atom. The van der Waals surface area contributed by atoms with Crippen molar-refractivity contribution in [3.05, 3.63) is 10.7 Å². The number of rotatable bonds is 2. The molecule has 19 heavy (non-hydrogen) atoms. The second-order valence-electron chi connectivity index (χ2n) is 6.73. The predicted octanol–water partition coefficient (Wildman–Crippen LogP) is 2.89. The van der Waals surface area contributed by atoms with Gasteiger partial charge in [-0.1, -0.05) is 0 Å². The van der Waals surface area contributed by atoms with Crippen molar-refractivity contribution in [2.45, 2.75) is 43.9 Å². The van der Waals surface area contributed by atoms with Crippen molar-refractivity contribution < 1.29 is 9.90 Å². The minimum Gasteiger partial charge on any atom is -0.476 e. The van der Waals surface area contributed by atoms with Crippen LogP contribution in [0.15, 0.2) is 0 Å². The van der Waals surface area contributed by atoms with Crippen molar-refractivity contribution in [2.75, 3.05) is 5.73 Å². The van der Waals surface area contributed by atoms with E-state index >= 15 is 0 Å². The molecule has 0 unspecified atom stereocenters. The van der Waals surface area contributed by atoms with E-state index in [-0.39, 0.29) is 11.1 Å². The van der Waals surface area contributed by atoms with E-state index in [1.165, 1.54) is 49.9 Å². The molecule has 102 valence electrons. The monoisotopic (exact) mass is 278 g/mol. The average Bonchev–Trinajstić information content (AvgIpc) is 2.70. The SMILES string of the molecule is Nc1sc(C23CC4CC(CC(C4)C2)C3)nc1C(=O)O. The molecule has 1 heterocycles. The van der Waals surface area contributed by atoms with Crippen LogP contribution in [0.3, 0.4) is 0 Å². The molecule has 0 spiro atoms. The number of thiazole rings is 1. The van der Waals surface area contributed by atoms with E-state index in [2.05, 4.69) is 4.98 Å². The summed E-state index contributed by atoms with van der Waals surface area (Å²) in [5.74, 6) is 1.52. The fraction of sp³-hybridized carbons (Fsp3) is 0.714. The number of nitrogen functional groups attached to an aromatic ring is 1. The average molecular weight is 278 g/mol. The van der Waals surface area contributed by atoms with Gasteiger partial charge >= 0.3 is 5.97 Å². The first-order chi connectivity index (χ1) is 9.06. The lowest BCUT2D eigenvalue weighted by Gasteiger charge is -2.56. The van der Waals surface area contributed by atoms with Crippen LogP contribution in [-0.4, -0.2) is 16.1 Å². The number of anilines is 1. The van der Waals surface area contributed by atoms with E-state index in [4.69, 9.17) is 10.8 Å². The number of aromatic carboxylic acids is 1. The Morgan fingerprint density at radius 2 is 1.74 bits per heavy atom. The summed E-state index contributed by atoms with van der Waals surface area (Å²) in [6.07, 6.45) is 7.74. The maximum absolute atomic E-state index is 11.1. The van der Waals surface area contributed by atoms with Gasteiger partial charge in [0.05, 0.1) is 0 Å². The Kier molecular flexibility index (Phi) is 2.29. The lowest BCUT2D eigenvalue weighted by Crippen LogP contribution is -2.48. The van der Waals surface area contributed by atoms with Crippen molar-refractivity contribution in [3.8, 4) is 0 Å². The second kappa shape index (κ2) is 3.72. The van der Waals surface area contributed by atoms with E-state index in [0.29, 0.717) is 5.00 Å². The van der Waals surface area contributed by atoms with Gasteiger partial charge in [0.1, 0.15) is 10.0 Å². The van der Waals surface area contributed by atoms with Crippen LogP contribution in [0.2, 0.25) is 0 Å². The summed E-state index contributed by atoms with van der Waals surface area (Å²) in [6, 6.07) is 0. The van der Waals surface area contributed by atoms with Crippen molar-refractivity contribution in [1.82, 2.24) is 4.98 Å². The summed E-state index contributed by atoms with van der Waals surface area (Å²) in [7, 11) is 0. The first-order valence-electron chi connectivity index (χ1n) is 7.06. The van der Waals surface area contributed by atoms with E-state index in [0.717, 1.165) is 22.8 Å². The molecule has 4 bridgehead atoms. The van der Waals surface area contributed by atoms with Crippen LogP contribution in [0.25, 0.3) is 0 Å². The third-order valence-electron chi connectivity index (χ3n) is 5.35. The van der Waals surface area contributed by atoms with Crippen molar-refractivity contribution >= 4 is 22.3 Å². The number of hydrogen-bond donors (Lipinski definition) is 2. The highest BCUT2D eigenvalue weighted by molar-refractivity contribution is 7.16. The molecule has 3 N–H and O–H groups in total. The highest BCUT2D eigenvalue weighted by Crippen LogP contribution is 2.61. The van der Waals surface area contributed by atoms with Crippen LogP contribution in [0.5, 0.6) is 0 Å². The molecule has 5 heteroatoms. The van der Waals surface area contributed by atoms with Gasteiger partial charge in [0.25, 0.3) is 0 Å². The molecule has 0 saturated heterocycles. The van der Waals surface area contributed by atoms with E-state index < -0.39 is 5.97 Å². The van der Waals surface area contributed by atoms with Crippen LogP contribution < -0.4 is 5.73 Å². The quantitative estimate of drug-likeness (QED) is 0.872. The van der Waals surface area contributed by atoms with Gasteiger partial charge in [-0.15, -0.1) is 11.3 Å². The zero-order valence-corrected chi connectivity index (χ0v) is 11.6. The molecule has 4 aliphatic rings. The maximum Gasteiger partial charge on any atom is 0.357 e. The van der Waals surface area contributed by atoms with Gasteiger partial charge in [-0.2, -0.15) is 0 Å². The van der Waals surface area contributed by atoms with Crippen molar-refractivity contribution in [3.63, 3.8) is 0 Å². The third kappa shape index (κ3) is 1.64. The normalized spacial score (nSPS) is 39.7. The Labute approximate surface area is 116 Å². The number of hydrogen-bond acceptors (Lipinski definition) is 4. The molecule has 0 aromatic carbocycles. The van der Waals surface area contributed by atoms with Gasteiger partial charge in [-0.3, -0.25) is 0 Å². The molecule has 4 aliphatic carbocycles. The highest BCUT2D eigenvalue weighted by Gasteiger charge is 2.53. The summed E-state index contributed by atoms with van der Waals surface area (Å²) >= 11 is 1.42. The smallest absolute Gasteiger partial charge is 0.357 e. The van der Waals surface area contributed by atoms with Crippen LogP contribution in [-0.2, 0) is 5.41 Å². The van der Waals surface area contributed by atoms with Gasteiger partial charge in [-0.05, 0) is 56.3 Å². The lowest BCUT2D eigenvalue weighted by atomic mass is 9.50. The Bertz CT molecular complexity index is 516. The zero-order valence-electron chi connectivity index (χ0n) is 10.8. The molecule has 4 nitrogen and oxygen atoms in total. The number of aromatic nitrogens is 1. The van der Waals surface area contributed by atoms with Crippen LogP contribution in [0.4, 0.5) is 5.00 Å². The van der Waals surface area contributed by atoms with Crippen LogP contribution >= 0.6 is 11.3 Å². The third-order valence-corrected chi connectivity index (χ3v) is 6.48. The Hall–Kier alpha value is -1.10. The predicted molar refractivity (Wildman–Crippen MR) is 73.3 cm³/mol.